The van der Waals surface area contributed by atoms with Crippen molar-refractivity contribution in [1.82, 2.24) is 5.32 Å². The van der Waals surface area contributed by atoms with Crippen LogP contribution >= 0.6 is 0 Å². The van der Waals surface area contributed by atoms with Crippen molar-refractivity contribution in [2.75, 3.05) is 6.54 Å². The molecule has 0 unspecified atom stereocenters. The minimum absolute atomic E-state index is 0.0580. The molecule has 2 N–H and O–H groups in total. The van der Waals surface area contributed by atoms with Gasteiger partial charge < -0.3 is 10.4 Å². The highest BCUT2D eigenvalue weighted by atomic mass is 16.4. The summed E-state index contributed by atoms with van der Waals surface area (Å²) >= 11 is 0. The van der Waals surface area contributed by atoms with Crippen LogP contribution in [0.1, 0.15) is 59.2 Å². The van der Waals surface area contributed by atoms with Gasteiger partial charge in [0.05, 0.1) is 11.1 Å². The van der Waals surface area contributed by atoms with Gasteiger partial charge in [0.1, 0.15) is 0 Å². The molecule has 1 saturated carbocycles. The maximum absolute atomic E-state index is 12.0. The summed E-state index contributed by atoms with van der Waals surface area (Å²) in [5.74, 6) is -0.652. The van der Waals surface area contributed by atoms with Crippen molar-refractivity contribution in [1.29, 1.82) is 0 Å². The number of aromatic carboxylic acids is 1. The Balaban J connectivity index is 1.87. The Bertz CT molecular complexity index is 478. The molecule has 2 rings (SSSR count). The Labute approximate surface area is 119 Å². The summed E-state index contributed by atoms with van der Waals surface area (Å²) in [6, 6.07) is 6.32. The Morgan fingerprint density at radius 1 is 1.10 bits per heavy atom. The minimum atomic E-state index is -1.07. The summed E-state index contributed by atoms with van der Waals surface area (Å²) < 4.78 is 0. The number of rotatable bonds is 5. The lowest BCUT2D eigenvalue weighted by molar-refractivity contribution is 0.0691. The molecule has 0 heterocycles. The molecule has 108 valence electrons. The minimum Gasteiger partial charge on any atom is -0.478 e. The highest BCUT2D eigenvalue weighted by molar-refractivity contribution is 6.04. The van der Waals surface area contributed by atoms with Gasteiger partial charge in [0.2, 0.25) is 0 Å². The number of carboxylic acid groups (broad SMARTS) is 1. The van der Waals surface area contributed by atoms with Gasteiger partial charge >= 0.3 is 5.97 Å². The molecule has 1 aliphatic carbocycles. The number of carbonyl (C=O) groups is 2. The van der Waals surface area contributed by atoms with E-state index < -0.39 is 5.97 Å². The number of carbonyl (C=O) groups excluding carboxylic acids is 1. The van der Waals surface area contributed by atoms with E-state index in [2.05, 4.69) is 5.32 Å². The molecule has 4 heteroatoms. The van der Waals surface area contributed by atoms with Crippen molar-refractivity contribution in [3.8, 4) is 0 Å². The second-order valence-corrected chi connectivity index (χ2v) is 5.40. The standard InChI is InChI=1S/C16H21NO3/c18-15(13-8-4-5-9-14(13)16(19)20)17-11-10-12-6-2-1-3-7-12/h4-5,8-9,12H,1-3,6-7,10-11H2,(H,17,18)(H,19,20). The van der Waals surface area contributed by atoms with E-state index in [1.54, 1.807) is 18.2 Å². The van der Waals surface area contributed by atoms with Gasteiger partial charge in [0, 0.05) is 6.54 Å². The summed E-state index contributed by atoms with van der Waals surface area (Å²) in [6.45, 7) is 0.622. The van der Waals surface area contributed by atoms with Crippen molar-refractivity contribution in [3.05, 3.63) is 35.4 Å². The van der Waals surface area contributed by atoms with Gasteiger partial charge in [-0.15, -0.1) is 0 Å². The van der Waals surface area contributed by atoms with Crippen LogP contribution in [-0.4, -0.2) is 23.5 Å². The molecule has 0 saturated heterocycles. The molecule has 0 aliphatic heterocycles. The van der Waals surface area contributed by atoms with Crippen LogP contribution in [-0.2, 0) is 0 Å². The fourth-order valence-corrected chi connectivity index (χ4v) is 2.83. The SMILES string of the molecule is O=C(O)c1ccccc1C(=O)NCCC1CCCCC1. The summed E-state index contributed by atoms with van der Waals surface area (Å²) in [5.41, 5.74) is 0.298. The lowest BCUT2D eigenvalue weighted by Crippen LogP contribution is -2.27. The Kier molecular flexibility index (Phi) is 5.16. The van der Waals surface area contributed by atoms with Crippen molar-refractivity contribution >= 4 is 11.9 Å². The van der Waals surface area contributed by atoms with E-state index in [1.807, 2.05) is 0 Å². The molecule has 0 bridgehead atoms. The van der Waals surface area contributed by atoms with E-state index in [4.69, 9.17) is 5.11 Å². The monoisotopic (exact) mass is 275 g/mol. The second-order valence-electron chi connectivity index (χ2n) is 5.40. The molecule has 0 radical (unpaired) electrons. The zero-order valence-corrected chi connectivity index (χ0v) is 11.6. The largest absolute Gasteiger partial charge is 0.478 e. The molecule has 0 spiro atoms. The molecular formula is C16H21NO3. The summed E-state index contributed by atoms with van der Waals surface area (Å²) in [6.07, 6.45) is 7.40. The topological polar surface area (TPSA) is 66.4 Å². The van der Waals surface area contributed by atoms with Gasteiger partial charge in [0.25, 0.3) is 5.91 Å². The second kappa shape index (κ2) is 7.08. The third-order valence-electron chi connectivity index (χ3n) is 3.96. The molecule has 1 aromatic rings. The zero-order valence-electron chi connectivity index (χ0n) is 11.6. The van der Waals surface area contributed by atoms with E-state index in [0.717, 1.165) is 6.42 Å². The van der Waals surface area contributed by atoms with Crippen LogP contribution in [0.2, 0.25) is 0 Å². The Morgan fingerprint density at radius 3 is 2.40 bits per heavy atom. The lowest BCUT2D eigenvalue weighted by Gasteiger charge is -2.21. The third kappa shape index (κ3) is 3.83. The first kappa shape index (κ1) is 14.6. The first-order valence-electron chi connectivity index (χ1n) is 7.29. The third-order valence-corrected chi connectivity index (χ3v) is 3.96. The number of hydrogen-bond donors (Lipinski definition) is 2. The van der Waals surface area contributed by atoms with E-state index in [0.29, 0.717) is 12.5 Å². The summed E-state index contributed by atoms with van der Waals surface area (Å²) in [4.78, 5) is 23.1. The van der Waals surface area contributed by atoms with Crippen molar-refractivity contribution in [3.63, 3.8) is 0 Å². The zero-order chi connectivity index (χ0) is 14.4. The van der Waals surface area contributed by atoms with E-state index in [-0.39, 0.29) is 17.0 Å². The predicted molar refractivity (Wildman–Crippen MR) is 76.9 cm³/mol. The van der Waals surface area contributed by atoms with Crippen LogP contribution < -0.4 is 5.32 Å². The molecule has 1 amide bonds. The van der Waals surface area contributed by atoms with Crippen LogP contribution in [0.25, 0.3) is 0 Å². The fourth-order valence-electron chi connectivity index (χ4n) is 2.83. The highest BCUT2D eigenvalue weighted by Gasteiger charge is 2.17. The van der Waals surface area contributed by atoms with Crippen LogP contribution in [0.5, 0.6) is 0 Å². The molecular weight excluding hydrogens is 254 g/mol. The van der Waals surface area contributed by atoms with Gasteiger partial charge in [-0.1, -0.05) is 44.2 Å². The van der Waals surface area contributed by atoms with Gasteiger partial charge in [-0.25, -0.2) is 4.79 Å². The Morgan fingerprint density at radius 2 is 1.75 bits per heavy atom. The quantitative estimate of drug-likeness (QED) is 0.867. The lowest BCUT2D eigenvalue weighted by atomic mass is 9.87. The number of carboxylic acids is 1. The van der Waals surface area contributed by atoms with Gasteiger partial charge in [0.15, 0.2) is 0 Å². The van der Waals surface area contributed by atoms with E-state index in [1.165, 1.54) is 38.2 Å². The smallest absolute Gasteiger partial charge is 0.336 e. The van der Waals surface area contributed by atoms with E-state index in [9.17, 15) is 9.59 Å². The number of benzene rings is 1. The molecule has 4 nitrogen and oxygen atoms in total. The van der Waals surface area contributed by atoms with Gasteiger partial charge in [-0.3, -0.25) is 4.79 Å². The van der Waals surface area contributed by atoms with Crippen LogP contribution in [0.4, 0.5) is 0 Å². The number of nitrogens with one attached hydrogen (secondary N) is 1. The van der Waals surface area contributed by atoms with Crippen LogP contribution in [0.3, 0.4) is 0 Å². The number of amides is 1. The average molecular weight is 275 g/mol. The van der Waals surface area contributed by atoms with Gasteiger partial charge in [-0.05, 0) is 24.5 Å². The first-order valence-corrected chi connectivity index (χ1v) is 7.29. The van der Waals surface area contributed by atoms with Crippen molar-refractivity contribution in [2.45, 2.75) is 38.5 Å². The fraction of sp³-hybridized carbons (Fsp3) is 0.500. The Hall–Kier alpha value is -1.84. The van der Waals surface area contributed by atoms with E-state index >= 15 is 0 Å². The normalized spacial score (nSPS) is 15.8. The van der Waals surface area contributed by atoms with Crippen molar-refractivity contribution in [2.24, 2.45) is 5.92 Å². The molecule has 1 aliphatic rings. The average Bonchev–Trinajstić information content (AvgIpc) is 2.48. The predicted octanol–water partition coefficient (Wildman–Crippen LogP) is 3.09. The summed E-state index contributed by atoms with van der Waals surface area (Å²) in [7, 11) is 0. The highest BCUT2D eigenvalue weighted by Crippen LogP contribution is 2.25. The molecule has 1 fully saturated rings. The van der Waals surface area contributed by atoms with Crippen LogP contribution in [0.15, 0.2) is 24.3 Å². The first-order chi connectivity index (χ1) is 9.68. The molecule has 0 atom stereocenters. The van der Waals surface area contributed by atoms with Crippen molar-refractivity contribution < 1.29 is 14.7 Å². The maximum atomic E-state index is 12.0. The molecule has 0 aromatic heterocycles. The van der Waals surface area contributed by atoms with Gasteiger partial charge in [-0.2, -0.15) is 0 Å². The van der Waals surface area contributed by atoms with Crippen LogP contribution in [0, 0.1) is 5.92 Å². The summed E-state index contributed by atoms with van der Waals surface area (Å²) in [5, 5.41) is 11.9. The number of hydrogen-bond acceptors (Lipinski definition) is 2. The maximum Gasteiger partial charge on any atom is 0.336 e. The molecule has 20 heavy (non-hydrogen) atoms. The molecule has 1 aromatic carbocycles.